The summed E-state index contributed by atoms with van der Waals surface area (Å²) in [6, 6.07) is 6.84. The largest absolute Gasteiger partial charge is 0.350 e. The van der Waals surface area contributed by atoms with Crippen molar-refractivity contribution < 1.29 is 4.79 Å². The van der Waals surface area contributed by atoms with E-state index in [2.05, 4.69) is 24.1 Å². The molecular formula is C18H26N4O3. The Hall–Kier alpha value is -2.41. The lowest BCUT2D eigenvalue weighted by Crippen LogP contribution is -2.52. The third-order valence-electron chi connectivity index (χ3n) is 4.22. The third-order valence-corrected chi connectivity index (χ3v) is 4.22. The average Bonchev–Trinajstić information content (AvgIpc) is 2.53. The van der Waals surface area contributed by atoms with Gasteiger partial charge < -0.3 is 11.1 Å². The maximum Gasteiger partial charge on any atom is 0.328 e. The summed E-state index contributed by atoms with van der Waals surface area (Å²) in [6.45, 7) is 6.60. The number of H-pyrrole nitrogens is 1. The van der Waals surface area contributed by atoms with Crippen LogP contribution in [-0.4, -0.2) is 27.5 Å². The van der Waals surface area contributed by atoms with Gasteiger partial charge in [0.1, 0.15) is 0 Å². The number of amides is 1. The van der Waals surface area contributed by atoms with Gasteiger partial charge in [-0.2, -0.15) is 0 Å². The van der Waals surface area contributed by atoms with Crippen molar-refractivity contribution in [1.29, 1.82) is 0 Å². The first-order chi connectivity index (χ1) is 11.8. The Bertz CT molecular complexity index is 868. The molecule has 0 aliphatic rings. The topological polar surface area (TPSA) is 110 Å². The van der Waals surface area contributed by atoms with Crippen LogP contribution in [0.3, 0.4) is 0 Å². The average molecular weight is 346 g/mol. The molecular weight excluding hydrogens is 320 g/mol. The van der Waals surface area contributed by atoms with Crippen LogP contribution in [0.15, 0.2) is 33.9 Å². The number of aromatic nitrogens is 2. The van der Waals surface area contributed by atoms with Gasteiger partial charge in [0.15, 0.2) is 0 Å². The molecule has 0 aliphatic heterocycles. The number of carbonyl (C=O) groups is 1. The van der Waals surface area contributed by atoms with Gasteiger partial charge in [0.2, 0.25) is 5.91 Å². The number of para-hydroxylation sites is 1. The van der Waals surface area contributed by atoms with Gasteiger partial charge in [-0.3, -0.25) is 19.1 Å². The molecule has 1 aromatic carbocycles. The van der Waals surface area contributed by atoms with Crippen LogP contribution in [0.2, 0.25) is 0 Å². The SMILES string of the molecule is CC(C)CC(C)(CN)NC(=O)CCn1c(=O)[nH]c(=O)c2ccccc21. The van der Waals surface area contributed by atoms with E-state index in [9.17, 15) is 14.4 Å². The predicted molar refractivity (Wildman–Crippen MR) is 98.5 cm³/mol. The molecule has 0 fully saturated rings. The second-order valence-electron chi connectivity index (χ2n) is 7.09. The number of fused-ring (bicyclic) bond motifs is 1. The number of hydrogen-bond donors (Lipinski definition) is 3. The van der Waals surface area contributed by atoms with Crippen molar-refractivity contribution in [3.63, 3.8) is 0 Å². The monoisotopic (exact) mass is 346 g/mol. The number of aryl methyl sites for hydroxylation is 1. The van der Waals surface area contributed by atoms with Crippen LogP contribution in [0.1, 0.15) is 33.6 Å². The van der Waals surface area contributed by atoms with Gasteiger partial charge in [-0.15, -0.1) is 0 Å². The van der Waals surface area contributed by atoms with E-state index in [0.29, 0.717) is 23.4 Å². The zero-order valence-electron chi connectivity index (χ0n) is 15.0. The molecule has 1 amide bonds. The minimum absolute atomic E-state index is 0.129. The number of nitrogens with one attached hydrogen (secondary N) is 2. The smallest absolute Gasteiger partial charge is 0.328 e. The quantitative estimate of drug-likeness (QED) is 0.693. The highest BCUT2D eigenvalue weighted by molar-refractivity contribution is 5.79. The van der Waals surface area contributed by atoms with Crippen molar-refractivity contribution in [2.75, 3.05) is 6.54 Å². The van der Waals surface area contributed by atoms with Crippen LogP contribution in [-0.2, 0) is 11.3 Å². The number of hydrogen-bond acceptors (Lipinski definition) is 4. The van der Waals surface area contributed by atoms with E-state index in [1.807, 2.05) is 6.92 Å². The highest BCUT2D eigenvalue weighted by Crippen LogP contribution is 2.15. The van der Waals surface area contributed by atoms with Crippen LogP contribution in [0.4, 0.5) is 0 Å². The maximum absolute atomic E-state index is 12.3. The van der Waals surface area contributed by atoms with Gasteiger partial charge >= 0.3 is 5.69 Å². The first-order valence-corrected chi connectivity index (χ1v) is 8.49. The maximum atomic E-state index is 12.3. The fraction of sp³-hybridized carbons (Fsp3) is 0.500. The first kappa shape index (κ1) is 18.9. The summed E-state index contributed by atoms with van der Waals surface area (Å²) in [4.78, 5) is 38.6. The van der Waals surface area contributed by atoms with E-state index in [1.54, 1.807) is 24.3 Å². The summed E-state index contributed by atoms with van der Waals surface area (Å²) in [7, 11) is 0. The summed E-state index contributed by atoms with van der Waals surface area (Å²) in [6.07, 6.45) is 0.903. The molecule has 2 aromatic rings. The lowest BCUT2D eigenvalue weighted by atomic mass is 9.90. The molecule has 1 atom stereocenters. The van der Waals surface area contributed by atoms with E-state index in [1.165, 1.54) is 4.57 Å². The predicted octanol–water partition coefficient (Wildman–Crippen LogP) is 0.960. The number of aromatic amines is 1. The zero-order valence-corrected chi connectivity index (χ0v) is 15.0. The molecule has 7 heteroatoms. The molecule has 0 saturated carbocycles. The van der Waals surface area contributed by atoms with Gasteiger partial charge in [0.25, 0.3) is 5.56 Å². The molecule has 0 spiro atoms. The summed E-state index contributed by atoms with van der Waals surface area (Å²) in [5.74, 6) is 0.232. The van der Waals surface area contributed by atoms with Crippen LogP contribution in [0.5, 0.6) is 0 Å². The Morgan fingerprint density at radius 1 is 1.32 bits per heavy atom. The Labute approximate surface area is 146 Å². The number of benzene rings is 1. The van der Waals surface area contributed by atoms with Gasteiger partial charge in [0.05, 0.1) is 10.9 Å². The van der Waals surface area contributed by atoms with Crippen molar-refractivity contribution in [3.05, 3.63) is 45.1 Å². The van der Waals surface area contributed by atoms with Crippen molar-refractivity contribution in [3.8, 4) is 0 Å². The molecule has 0 bridgehead atoms. The molecule has 0 aliphatic carbocycles. The van der Waals surface area contributed by atoms with Gasteiger partial charge in [-0.05, 0) is 31.4 Å². The molecule has 25 heavy (non-hydrogen) atoms. The number of nitrogens with zero attached hydrogens (tertiary/aromatic N) is 1. The minimum atomic E-state index is -0.514. The molecule has 0 saturated heterocycles. The van der Waals surface area contributed by atoms with E-state index in [0.717, 1.165) is 6.42 Å². The van der Waals surface area contributed by atoms with Crippen molar-refractivity contribution in [2.24, 2.45) is 11.7 Å². The van der Waals surface area contributed by atoms with E-state index < -0.39 is 16.8 Å². The van der Waals surface area contributed by atoms with Crippen molar-refractivity contribution >= 4 is 16.8 Å². The van der Waals surface area contributed by atoms with Gasteiger partial charge in [-0.1, -0.05) is 26.0 Å². The Morgan fingerprint density at radius 3 is 2.64 bits per heavy atom. The molecule has 0 radical (unpaired) electrons. The molecule has 7 nitrogen and oxygen atoms in total. The van der Waals surface area contributed by atoms with Gasteiger partial charge in [-0.25, -0.2) is 4.79 Å². The highest BCUT2D eigenvalue weighted by Gasteiger charge is 2.25. The molecule has 4 N–H and O–H groups in total. The zero-order chi connectivity index (χ0) is 18.6. The van der Waals surface area contributed by atoms with E-state index >= 15 is 0 Å². The lowest BCUT2D eigenvalue weighted by molar-refractivity contribution is -0.123. The molecule has 1 aromatic heterocycles. The van der Waals surface area contributed by atoms with Crippen LogP contribution >= 0.6 is 0 Å². The number of nitrogens with two attached hydrogens (primary N) is 1. The fourth-order valence-corrected chi connectivity index (χ4v) is 3.16. The molecule has 136 valence electrons. The summed E-state index contributed by atoms with van der Waals surface area (Å²) in [5.41, 5.74) is 4.93. The van der Waals surface area contributed by atoms with E-state index in [-0.39, 0.29) is 18.9 Å². The molecule has 1 unspecified atom stereocenters. The van der Waals surface area contributed by atoms with Crippen LogP contribution in [0, 0.1) is 5.92 Å². The first-order valence-electron chi connectivity index (χ1n) is 8.49. The van der Waals surface area contributed by atoms with Crippen LogP contribution in [0.25, 0.3) is 10.9 Å². The molecule has 2 rings (SSSR count). The fourth-order valence-electron chi connectivity index (χ4n) is 3.16. The number of rotatable bonds is 7. The summed E-state index contributed by atoms with van der Waals surface area (Å²) in [5, 5.41) is 3.40. The summed E-state index contributed by atoms with van der Waals surface area (Å²) < 4.78 is 1.42. The summed E-state index contributed by atoms with van der Waals surface area (Å²) >= 11 is 0. The lowest BCUT2D eigenvalue weighted by Gasteiger charge is -2.31. The Morgan fingerprint density at radius 2 is 2.00 bits per heavy atom. The number of carbonyl (C=O) groups excluding carboxylic acids is 1. The standard InChI is InChI=1S/C18H26N4O3/c1-12(2)10-18(3,11-19)21-15(23)8-9-22-14-7-5-4-6-13(14)16(24)20-17(22)25/h4-7,12H,8-11,19H2,1-3H3,(H,21,23)(H,20,24,25). The third kappa shape index (κ3) is 4.57. The Kier molecular flexibility index (Phi) is 5.79. The van der Waals surface area contributed by atoms with E-state index in [4.69, 9.17) is 5.73 Å². The van der Waals surface area contributed by atoms with Crippen LogP contribution < -0.4 is 22.3 Å². The second-order valence-corrected chi connectivity index (χ2v) is 7.09. The van der Waals surface area contributed by atoms with Crippen molar-refractivity contribution in [2.45, 2.75) is 45.7 Å². The van der Waals surface area contributed by atoms with Gasteiger partial charge in [0, 0.05) is 25.0 Å². The normalized spacial score (nSPS) is 13.8. The highest BCUT2D eigenvalue weighted by atomic mass is 16.2. The second kappa shape index (κ2) is 7.65. The van der Waals surface area contributed by atoms with Crippen molar-refractivity contribution in [1.82, 2.24) is 14.9 Å². The molecule has 1 heterocycles. The Balaban J connectivity index is 2.17. The minimum Gasteiger partial charge on any atom is -0.350 e.